The Kier molecular flexibility index (Phi) is 1.39. The number of hydrogen-bond acceptors (Lipinski definition) is 2. The van der Waals surface area contributed by atoms with Crippen molar-refractivity contribution in [2.45, 2.75) is 0 Å². The van der Waals surface area contributed by atoms with Crippen molar-refractivity contribution >= 4 is 33.6 Å². The van der Waals surface area contributed by atoms with Gasteiger partial charge in [0.15, 0.2) is 0 Å². The summed E-state index contributed by atoms with van der Waals surface area (Å²) in [7, 11) is 0. The van der Waals surface area contributed by atoms with Crippen LogP contribution >= 0.6 is 15.9 Å². The minimum absolute atomic E-state index is 0.00694. The first-order chi connectivity index (χ1) is 5.27. The van der Waals surface area contributed by atoms with E-state index in [1.165, 1.54) is 6.21 Å². The van der Waals surface area contributed by atoms with Crippen LogP contribution < -0.4 is 0 Å². The molecular formula is C8H4BrNO. The standard InChI is InChI=1S/C8H4BrNO/c9-5-1-2-6-7(3-5)10-4-8(6)11/h1-4H. The molecule has 1 aromatic carbocycles. The van der Waals surface area contributed by atoms with Crippen LogP contribution in [0.3, 0.4) is 0 Å². The van der Waals surface area contributed by atoms with Crippen LogP contribution in [0.4, 0.5) is 5.69 Å². The van der Waals surface area contributed by atoms with E-state index in [-0.39, 0.29) is 5.78 Å². The number of aliphatic imine (C=N–C) groups is 1. The van der Waals surface area contributed by atoms with E-state index < -0.39 is 0 Å². The number of Topliss-reactive ketones (excluding diaryl/α,β-unsaturated/α-hetero) is 1. The van der Waals surface area contributed by atoms with Gasteiger partial charge in [0.25, 0.3) is 0 Å². The number of ketones is 1. The first-order valence-corrected chi connectivity index (χ1v) is 3.94. The van der Waals surface area contributed by atoms with Gasteiger partial charge < -0.3 is 0 Å². The maximum absolute atomic E-state index is 11.0. The summed E-state index contributed by atoms with van der Waals surface area (Å²) in [6, 6.07) is 5.44. The van der Waals surface area contributed by atoms with E-state index in [4.69, 9.17) is 0 Å². The molecule has 3 heteroatoms. The second kappa shape index (κ2) is 2.27. The van der Waals surface area contributed by atoms with E-state index in [9.17, 15) is 4.79 Å². The maximum atomic E-state index is 11.0. The Balaban J connectivity index is 2.66. The highest BCUT2D eigenvalue weighted by Crippen LogP contribution is 2.27. The number of carbonyl (C=O) groups is 1. The number of fused-ring (bicyclic) bond motifs is 1. The van der Waals surface area contributed by atoms with Crippen molar-refractivity contribution in [1.82, 2.24) is 0 Å². The van der Waals surface area contributed by atoms with Crippen LogP contribution in [0.5, 0.6) is 0 Å². The molecule has 0 fully saturated rings. The van der Waals surface area contributed by atoms with Crippen LogP contribution in [-0.2, 0) is 0 Å². The van der Waals surface area contributed by atoms with E-state index in [0.717, 1.165) is 10.2 Å². The summed E-state index contributed by atoms with van der Waals surface area (Å²) in [5, 5.41) is 0. The van der Waals surface area contributed by atoms with Gasteiger partial charge in [-0.2, -0.15) is 0 Å². The lowest BCUT2D eigenvalue weighted by atomic mass is 10.1. The zero-order chi connectivity index (χ0) is 7.84. The fraction of sp³-hybridized carbons (Fsp3) is 0. The molecule has 0 spiro atoms. The molecule has 0 aromatic heterocycles. The minimum atomic E-state index is -0.00694. The smallest absolute Gasteiger partial charge is 0.206 e. The van der Waals surface area contributed by atoms with Crippen LogP contribution in [0.1, 0.15) is 10.4 Å². The number of rotatable bonds is 0. The predicted molar refractivity (Wildman–Crippen MR) is 46.6 cm³/mol. The fourth-order valence-electron chi connectivity index (χ4n) is 1.02. The number of benzene rings is 1. The van der Waals surface area contributed by atoms with Gasteiger partial charge in [-0.3, -0.25) is 9.79 Å². The molecule has 2 rings (SSSR count). The molecule has 2 nitrogen and oxygen atoms in total. The fourth-order valence-corrected chi connectivity index (χ4v) is 1.37. The molecule has 11 heavy (non-hydrogen) atoms. The normalized spacial score (nSPS) is 13.7. The van der Waals surface area contributed by atoms with Gasteiger partial charge in [0.1, 0.15) is 0 Å². The lowest BCUT2D eigenvalue weighted by molar-refractivity contribution is 0.107. The molecule has 0 saturated carbocycles. The summed E-state index contributed by atoms with van der Waals surface area (Å²) in [5.41, 5.74) is 1.44. The van der Waals surface area contributed by atoms with Crippen molar-refractivity contribution in [1.29, 1.82) is 0 Å². The Labute approximate surface area is 72.1 Å². The van der Waals surface area contributed by atoms with Gasteiger partial charge in [0, 0.05) is 10.0 Å². The van der Waals surface area contributed by atoms with Crippen molar-refractivity contribution in [3.8, 4) is 0 Å². The summed E-state index contributed by atoms with van der Waals surface area (Å²) < 4.78 is 0.947. The number of carbonyl (C=O) groups excluding carboxylic acids is 1. The molecule has 0 radical (unpaired) electrons. The third-order valence-corrected chi connectivity index (χ3v) is 2.04. The molecule has 54 valence electrons. The topological polar surface area (TPSA) is 29.4 Å². The molecule has 1 heterocycles. The summed E-state index contributed by atoms with van der Waals surface area (Å²) in [4.78, 5) is 14.9. The molecule has 1 aromatic rings. The van der Waals surface area contributed by atoms with E-state index in [0.29, 0.717) is 5.56 Å². The summed E-state index contributed by atoms with van der Waals surface area (Å²) >= 11 is 3.30. The average molecular weight is 210 g/mol. The van der Waals surface area contributed by atoms with Crippen LogP contribution in [0, 0.1) is 0 Å². The molecule has 0 amide bonds. The monoisotopic (exact) mass is 209 g/mol. The lowest BCUT2D eigenvalue weighted by Crippen LogP contribution is -1.92. The second-order valence-corrected chi connectivity index (χ2v) is 3.20. The largest absolute Gasteiger partial charge is 0.287 e. The molecule has 1 aliphatic rings. The number of hydrogen-bond donors (Lipinski definition) is 0. The van der Waals surface area contributed by atoms with Crippen LogP contribution in [-0.4, -0.2) is 12.0 Å². The maximum Gasteiger partial charge on any atom is 0.206 e. The summed E-state index contributed by atoms with van der Waals surface area (Å²) in [5.74, 6) is -0.00694. The molecule has 0 atom stereocenters. The van der Waals surface area contributed by atoms with E-state index >= 15 is 0 Å². The molecule has 0 bridgehead atoms. The third-order valence-electron chi connectivity index (χ3n) is 1.55. The quantitative estimate of drug-likeness (QED) is 0.646. The van der Waals surface area contributed by atoms with Crippen molar-refractivity contribution in [2.75, 3.05) is 0 Å². The zero-order valence-corrected chi connectivity index (χ0v) is 7.13. The zero-order valence-electron chi connectivity index (χ0n) is 5.54. The lowest BCUT2D eigenvalue weighted by Gasteiger charge is -1.94. The molecule has 1 aliphatic heterocycles. The first kappa shape index (κ1) is 6.73. The number of halogens is 1. The van der Waals surface area contributed by atoms with Gasteiger partial charge in [-0.25, -0.2) is 0 Å². The molecule has 0 unspecified atom stereocenters. The van der Waals surface area contributed by atoms with E-state index in [2.05, 4.69) is 20.9 Å². The third kappa shape index (κ3) is 1.01. The van der Waals surface area contributed by atoms with Crippen LogP contribution in [0.15, 0.2) is 27.7 Å². The minimum Gasteiger partial charge on any atom is -0.287 e. The molecule has 0 aliphatic carbocycles. The van der Waals surface area contributed by atoms with Crippen LogP contribution in [0.25, 0.3) is 0 Å². The van der Waals surface area contributed by atoms with Crippen molar-refractivity contribution in [3.05, 3.63) is 28.2 Å². The SMILES string of the molecule is O=C1C=Nc2cc(Br)ccc21. The molecule has 0 N–H and O–H groups in total. The average Bonchev–Trinajstić information content (AvgIpc) is 2.32. The first-order valence-electron chi connectivity index (χ1n) is 3.15. The van der Waals surface area contributed by atoms with Crippen molar-refractivity contribution in [2.24, 2.45) is 4.99 Å². The van der Waals surface area contributed by atoms with Crippen LogP contribution in [0.2, 0.25) is 0 Å². The van der Waals surface area contributed by atoms with E-state index in [1.807, 2.05) is 12.1 Å². The highest BCUT2D eigenvalue weighted by Gasteiger charge is 2.14. The number of nitrogens with zero attached hydrogens (tertiary/aromatic N) is 1. The Morgan fingerprint density at radius 3 is 3.00 bits per heavy atom. The van der Waals surface area contributed by atoms with Gasteiger partial charge >= 0.3 is 0 Å². The Morgan fingerprint density at radius 2 is 2.18 bits per heavy atom. The molecular weight excluding hydrogens is 206 g/mol. The molecule has 0 saturated heterocycles. The van der Waals surface area contributed by atoms with Gasteiger partial charge in [-0.05, 0) is 18.2 Å². The highest BCUT2D eigenvalue weighted by atomic mass is 79.9. The van der Waals surface area contributed by atoms with Gasteiger partial charge in [0.05, 0.1) is 11.9 Å². The predicted octanol–water partition coefficient (Wildman–Crippen LogP) is 2.35. The van der Waals surface area contributed by atoms with Gasteiger partial charge in [0.2, 0.25) is 5.78 Å². The summed E-state index contributed by atoms with van der Waals surface area (Å²) in [6.45, 7) is 0. The van der Waals surface area contributed by atoms with Gasteiger partial charge in [-0.15, -0.1) is 0 Å². The Morgan fingerprint density at radius 1 is 1.36 bits per heavy atom. The van der Waals surface area contributed by atoms with Gasteiger partial charge in [-0.1, -0.05) is 15.9 Å². The Hall–Kier alpha value is -0.960. The van der Waals surface area contributed by atoms with Crippen molar-refractivity contribution in [3.63, 3.8) is 0 Å². The van der Waals surface area contributed by atoms with Crippen molar-refractivity contribution < 1.29 is 4.79 Å². The highest BCUT2D eigenvalue weighted by molar-refractivity contribution is 9.10. The Bertz CT molecular complexity index is 357. The van der Waals surface area contributed by atoms with E-state index in [1.54, 1.807) is 6.07 Å². The second-order valence-electron chi connectivity index (χ2n) is 2.28. The summed E-state index contributed by atoms with van der Waals surface area (Å²) in [6.07, 6.45) is 1.34.